The first-order valence-electron chi connectivity index (χ1n) is 18.9. The van der Waals surface area contributed by atoms with Crippen LogP contribution in [0, 0.1) is 0 Å². The summed E-state index contributed by atoms with van der Waals surface area (Å²) in [6.07, 6.45) is 0. The summed E-state index contributed by atoms with van der Waals surface area (Å²) in [7, 11) is 0. The van der Waals surface area contributed by atoms with Crippen LogP contribution in [-0.4, -0.2) is 0 Å². The van der Waals surface area contributed by atoms with Crippen LogP contribution in [0.25, 0.3) is 108 Å². The SMILES string of the molecule is CC1(C)c2cc(-c3ccc4sc5ccccc5c4c3)ccc2-c2ccc3c4c(ccc1c24)-c1c-3c(-c2ccccc2)c2ccccc2c1-c1ccccc1. The van der Waals surface area contributed by atoms with E-state index < -0.39 is 0 Å². The zero-order valence-corrected chi connectivity index (χ0v) is 30.9. The fourth-order valence-electron chi connectivity index (χ4n) is 9.97. The van der Waals surface area contributed by atoms with Crippen LogP contribution in [0.3, 0.4) is 0 Å². The fraction of sp³-hybridized carbons (Fsp3) is 0.0566. The molecule has 0 spiro atoms. The lowest BCUT2D eigenvalue weighted by molar-refractivity contribution is 0.645. The molecule has 1 aromatic heterocycles. The second-order valence-electron chi connectivity index (χ2n) is 15.5. The van der Waals surface area contributed by atoms with Crippen LogP contribution in [-0.2, 0) is 5.41 Å². The Morgan fingerprint density at radius 3 is 1.54 bits per heavy atom. The average Bonchev–Trinajstić information content (AvgIpc) is 3.76. The molecule has 0 aliphatic heterocycles. The van der Waals surface area contributed by atoms with Crippen molar-refractivity contribution in [2.45, 2.75) is 19.3 Å². The Morgan fingerprint density at radius 1 is 0.333 bits per heavy atom. The van der Waals surface area contributed by atoms with Crippen molar-refractivity contribution >= 4 is 53.1 Å². The van der Waals surface area contributed by atoms with Gasteiger partial charge in [0.2, 0.25) is 0 Å². The maximum atomic E-state index is 2.48. The summed E-state index contributed by atoms with van der Waals surface area (Å²) in [5.41, 5.74) is 18.4. The molecular formula is C53H34S. The zero-order chi connectivity index (χ0) is 35.7. The molecule has 0 unspecified atom stereocenters. The van der Waals surface area contributed by atoms with Crippen molar-refractivity contribution < 1.29 is 0 Å². The van der Waals surface area contributed by atoms with E-state index in [2.05, 4.69) is 184 Å². The number of thiophene rings is 1. The number of hydrogen-bond acceptors (Lipinski definition) is 1. The molecule has 1 heteroatoms. The highest BCUT2D eigenvalue weighted by atomic mass is 32.1. The van der Waals surface area contributed by atoms with Crippen molar-refractivity contribution in [2.24, 2.45) is 0 Å². The van der Waals surface area contributed by atoms with Crippen molar-refractivity contribution in [2.75, 3.05) is 0 Å². The molecule has 54 heavy (non-hydrogen) atoms. The van der Waals surface area contributed by atoms with Crippen LogP contribution in [0.1, 0.15) is 25.0 Å². The highest BCUT2D eigenvalue weighted by molar-refractivity contribution is 7.25. The normalized spacial score (nSPS) is 13.5. The Labute approximate surface area is 318 Å². The number of benzene rings is 9. The summed E-state index contributed by atoms with van der Waals surface area (Å²) in [5, 5.41) is 8.07. The second-order valence-corrected chi connectivity index (χ2v) is 16.6. The molecule has 0 nitrogen and oxygen atoms in total. The van der Waals surface area contributed by atoms with Gasteiger partial charge in [-0.05, 0) is 124 Å². The van der Waals surface area contributed by atoms with Crippen LogP contribution in [0.2, 0.25) is 0 Å². The largest absolute Gasteiger partial charge is 0.135 e. The summed E-state index contributed by atoms with van der Waals surface area (Å²) < 4.78 is 2.69. The Balaban J connectivity index is 1.13. The van der Waals surface area contributed by atoms with E-state index in [1.54, 1.807) is 0 Å². The molecule has 0 saturated heterocycles. The minimum absolute atomic E-state index is 0.196. The highest BCUT2D eigenvalue weighted by Gasteiger charge is 2.38. The number of fused-ring (bicyclic) bond motifs is 9. The van der Waals surface area contributed by atoms with Gasteiger partial charge in [-0.15, -0.1) is 11.3 Å². The van der Waals surface area contributed by atoms with E-state index in [0.717, 1.165) is 0 Å². The predicted molar refractivity (Wildman–Crippen MR) is 233 cm³/mol. The van der Waals surface area contributed by atoms with Crippen LogP contribution < -0.4 is 0 Å². The van der Waals surface area contributed by atoms with E-state index in [1.807, 2.05) is 11.3 Å². The molecule has 0 atom stereocenters. The molecule has 1 heterocycles. The van der Waals surface area contributed by atoms with Gasteiger partial charge in [-0.1, -0.05) is 159 Å². The second kappa shape index (κ2) is 10.9. The van der Waals surface area contributed by atoms with Crippen LogP contribution in [0.5, 0.6) is 0 Å². The molecule has 0 amide bonds. The molecule has 10 aromatic rings. The van der Waals surface area contributed by atoms with Gasteiger partial charge in [0.05, 0.1) is 0 Å². The average molecular weight is 703 g/mol. The van der Waals surface area contributed by atoms with Gasteiger partial charge < -0.3 is 0 Å². The minimum atomic E-state index is -0.196. The Hall–Kier alpha value is -6.28. The third-order valence-corrected chi connectivity index (χ3v) is 13.6. The third kappa shape index (κ3) is 3.97. The van der Waals surface area contributed by atoms with Crippen molar-refractivity contribution in [3.05, 3.63) is 181 Å². The van der Waals surface area contributed by atoms with Crippen LogP contribution in [0.4, 0.5) is 0 Å². The Kier molecular flexibility index (Phi) is 6.09. The van der Waals surface area contributed by atoms with E-state index in [4.69, 9.17) is 0 Å². The zero-order valence-electron chi connectivity index (χ0n) is 30.1. The maximum absolute atomic E-state index is 2.48. The molecule has 0 N–H and O–H groups in total. The summed E-state index contributed by atoms with van der Waals surface area (Å²) in [4.78, 5) is 0. The molecule has 0 radical (unpaired) electrons. The molecular weight excluding hydrogens is 669 g/mol. The van der Waals surface area contributed by atoms with Crippen molar-refractivity contribution in [1.82, 2.24) is 0 Å². The Morgan fingerprint density at radius 2 is 0.852 bits per heavy atom. The molecule has 0 saturated carbocycles. The Bertz CT molecular complexity index is 3120. The van der Waals surface area contributed by atoms with Gasteiger partial charge in [0.25, 0.3) is 0 Å². The number of rotatable bonds is 3. The third-order valence-electron chi connectivity index (χ3n) is 12.4. The van der Waals surface area contributed by atoms with Gasteiger partial charge in [-0.25, -0.2) is 0 Å². The highest BCUT2D eigenvalue weighted by Crippen LogP contribution is 2.61. The lowest BCUT2D eigenvalue weighted by Gasteiger charge is -2.36. The topological polar surface area (TPSA) is 0 Å². The number of hydrogen-bond donors (Lipinski definition) is 0. The molecule has 2 aliphatic rings. The quantitative estimate of drug-likeness (QED) is 0.172. The summed E-state index contributed by atoms with van der Waals surface area (Å²) >= 11 is 1.88. The van der Waals surface area contributed by atoms with E-state index in [1.165, 1.54) is 120 Å². The first-order valence-corrected chi connectivity index (χ1v) is 19.7. The van der Waals surface area contributed by atoms with Crippen molar-refractivity contribution in [3.8, 4) is 66.8 Å². The van der Waals surface area contributed by atoms with E-state index in [9.17, 15) is 0 Å². The minimum Gasteiger partial charge on any atom is -0.135 e. The van der Waals surface area contributed by atoms with Gasteiger partial charge >= 0.3 is 0 Å². The molecule has 252 valence electrons. The smallest absolute Gasteiger partial charge is 0.0355 e. The maximum Gasteiger partial charge on any atom is 0.0355 e. The van der Waals surface area contributed by atoms with Gasteiger partial charge in [0.15, 0.2) is 0 Å². The molecule has 12 rings (SSSR count). The summed E-state index contributed by atoms with van der Waals surface area (Å²) in [6.45, 7) is 4.86. The van der Waals surface area contributed by atoms with Crippen molar-refractivity contribution in [3.63, 3.8) is 0 Å². The van der Waals surface area contributed by atoms with E-state index in [-0.39, 0.29) is 5.41 Å². The monoisotopic (exact) mass is 702 g/mol. The summed E-state index contributed by atoms with van der Waals surface area (Å²) in [5.74, 6) is 0. The molecule has 0 fully saturated rings. The van der Waals surface area contributed by atoms with E-state index >= 15 is 0 Å². The lowest BCUT2D eigenvalue weighted by Crippen LogP contribution is -2.23. The lowest BCUT2D eigenvalue weighted by atomic mass is 9.67. The first-order chi connectivity index (χ1) is 26.6. The molecule has 0 bridgehead atoms. The summed E-state index contributed by atoms with van der Waals surface area (Å²) in [6, 6.07) is 63.9. The van der Waals surface area contributed by atoms with Gasteiger partial charge in [-0.3, -0.25) is 0 Å². The molecule has 2 aliphatic carbocycles. The van der Waals surface area contributed by atoms with Crippen LogP contribution >= 0.6 is 11.3 Å². The fourth-order valence-corrected chi connectivity index (χ4v) is 11.1. The molecule has 9 aromatic carbocycles. The van der Waals surface area contributed by atoms with Gasteiger partial charge in [-0.2, -0.15) is 0 Å². The van der Waals surface area contributed by atoms with Gasteiger partial charge in [0.1, 0.15) is 0 Å². The van der Waals surface area contributed by atoms with E-state index in [0.29, 0.717) is 0 Å². The predicted octanol–water partition coefficient (Wildman–Crippen LogP) is 15.3. The van der Waals surface area contributed by atoms with Crippen LogP contribution in [0.15, 0.2) is 170 Å². The van der Waals surface area contributed by atoms with Gasteiger partial charge in [0, 0.05) is 25.6 Å². The van der Waals surface area contributed by atoms with Crippen molar-refractivity contribution in [1.29, 1.82) is 0 Å². The standard InChI is InChI=1S/C53H34S/c1-53(2)43-27-26-41-49-40(51-47(31-13-5-3-6-14-31)37-18-9-10-19-38(37)48(52(41)51)32-15-7-4-8-16-32)25-24-39(50(43)49)35-23-21-34(30-44(35)53)33-22-28-46-42(29-33)36-17-11-12-20-45(36)54-46/h3-30H,1-2H3. The first kappa shape index (κ1) is 30.2.